The quantitative estimate of drug-likeness (QED) is 0.646. The number of carbonyl (C=O) groups excluding carboxylic acids is 2. The number of methoxy groups -OCH3 is 2. The molecule has 2 aromatic rings. The van der Waals surface area contributed by atoms with Gasteiger partial charge in [-0.05, 0) is 43.3 Å². The molecule has 2 aromatic carbocycles. The lowest BCUT2D eigenvalue weighted by Gasteiger charge is -2.33. The Kier molecular flexibility index (Phi) is 6.62. The van der Waals surface area contributed by atoms with Crippen molar-refractivity contribution in [3.8, 4) is 17.2 Å². The maximum absolute atomic E-state index is 13.1. The molecule has 0 saturated heterocycles. The van der Waals surface area contributed by atoms with Crippen LogP contribution in [0.25, 0.3) is 0 Å². The molecule has 0 aromatic heterocycles. The molecule has 0 aliphatic heterocycles. The number of amides is 2. The normalized spacial score (nSPS) is 14.9. The minimum Gasteiger partial charge on any atom is -0.494 e. The molecular weight excluding hydrogens is 410 g/mol. The third-order valence-corrected chi connectivity index (χ3v) is 4.88. The Balaban J connectivity index is 1.80. The van der Waals surface area contributed by atoms with Gasteiger partial charge in [-0.3, -0.25) is 9.59 Å². The maximum atomic E-state index is 13.1. The van der Waals surface area contributed by atoms with E-state index in [4.69, 9.17) is 14.2 Å². The molecule has 1 aliphatic carbocycles. The van der Waals surface area contributed by atoms with E-state index in [0.717, 1.165) is 0 Å². The van der Waals surface area contributed by atoms with Gasteiger partial charge in [-0.2, -0.15) is 0 Å². The van der Waals surface area contributed by atoms with Crippen LogP contribution in [-0.2, 0) is 4.79 Å². The van der Waals surface area contributed by atoms with Crippen LogP contribution < -0.4 is 24.8 Å². The number of rotatable bonds is 8. The Morgan fingerprint density at radius 2 is 1.74 bits per heavy atom. The lowest BCUT2D eigenvalue weighted by atomic mass is 9.80. The van der Waals surface area contributed by atoms with Gasteiger partial charge >= 0.3 is 0 Å². The Labute approximate surface area is 178 Å². The summed E-state index contributed by atoms with van der Waals surface area (Å²) in [5, 5.41) is 5.33. The molecule has 0 bridgehead atoms. The van der Waals surface area contributed by atoms with Crippen LogP contribution in [-0.4, -0.2) is 38.6 Å². The highest BCUT2D eigenvalue weighted by atomic mass is 19.3. The standard InChI is InChI=1S/C22H24F2N2O5/c1-4-31-16-7-5-15(6-8-16)25-20(27)13-9-17(19(30-3)18(10-13)29-2)26-21(28)14-11-22(23,24)12-14/h5-10,14H,4,11-12H2,1-3H3,(H,25,27)(H,26,28). The summed E-state index contributed by atoms with van der Waals surface area (Å²) in [6.45, 7) is 2.41. The summed E-state index contributed by atoms with van der Waals surface area (Å²) in [4.78, 5) is 25.1. The highest BCUT2D eigenvalue weighted by Gasteiger charge is 2.48. The zero-order chi connectivity index (χ0) is 22.6. The summed E-state index contributed by atoms with van der Waals surface area (Å²) in [5.41, 5.74) is 0.908. The number of nitrogens with one attached hydrogen (secondary N) is 2. The van der Waals surface area contributed by atoms with E-state index < -0.39 is 36.5 Å². The molecule has 3 rings (SSSR count). The second-order valence-corrected chi connectivity index (χ2v) is 7.12. The van der Waals surface area contributed by atoms with Crippen LogP contribution in [0.4, 0.5) is 20.2 Å². The smallest absolute Gasteiger partial charge is 0.255 e. The fraction of sp³-hybridized carbons (Fsp3) is 0.364. The van der Waals surface area contributed by atoms with Crippen molar-refractivity contribution < 1.29 is 32.6 Å². The molecule has 31 heavy (non-hydrogen) atoms. The molecule has 0 radical (unpaired) electrons. The lowest BCUT2D eigenvalue weighted by molar-refractivity contribution is -0.145. The van der Waals surface area contributed by atoms with Crippen LogP contribution >= 0.6 is 0 Å². The molecule has 0 atom stereocenters. The molecule has 0 heterocycles. The van der Waals surface area contributed by atoms with E-state index in [0.29, 0.717) is 18.0 Å². The second-order valence-electron chi connectivity index (χ2n) is 7.12. The number of hydrogen-bond acceptors (Lipinski definition) is 5. The Bertz CT molecular complexity index is 955. The average Bonchev–Trinajstić information content (AvgIpc) is 2.72. The van der Waals surface area contributed by atoms with Gasteiger partial charge in [0.2, 0.25) is 11.8 Å². The lowest BCUT2D eigenvalue weighted by Crippen LogP contribution is -2.42. The Morgan fingerprint density at radius 1 is 1.06 bits per heavy atom. The number of ether oxygens (including phenoxy) is 3. The Morgan fingerprint density at radius 3 is 2.29 bits per heavy atom. The topological polar surface area (TPSA) is 85.9 Å². The fourth-order valence-electron chi connectivity index (χ4n) is 3.27. The summed E-state index contributed by atoms with van der Waals surface area (Å²) in [5.74, 6) is -3.53. The predicted molar refractivity (Wildman–Crippen MR) is 111 cm³/mol. The van der Waals surface area contributed by atoms with Gasteiger partial charge in [0.05, 0.1) is 26.5 Å². The Hall–Kier alpha value is -3.36. The van der Waals surface area contributed by atoms with Gasteiger partial charge in [-0.25, -0.2) is 8.78 Å². The monoisotopic (exact) mass is 434 g/mol. The average molecular weight is 434 g/mol. The second kappa shape index (κ2) is 9.20. The van der Waals surface area contributed by atoms with Crippen LogP contribution in [0, 0.1) is 5.92 Å². The van der Waals surface area contributed by atoms with Gasteiger partial charge in [0, 0.05) is 30.0 Å². The fourth-order valence-corrected chi connectivity index (χ4v) is 3.27. The van der Waals surface area contributed by atoms with Crippen molar-refractivity contribution in [2.45, 2.75) is 25.7 Å². The molecule has 0 spiro atoms. The zero-order valence-electron chi connectivity index (χ0n) is 17.5. The third kappa shape index (κ3) is 5.22. The van der Waals surface area contributed by atoms with E-state index in [1.807, 2.05) is 6.92 Å². The summed E-state index contributed by atoms with van der Waals surface area (Å²) >= 11 is 0. The number of anilines is 2. The van der Waals surface area contributed by atoms with Crippen molar-refractivity contribution in [1.82, 2.24) is 0 Å². The number of alkyl halides is 2. The summed E-state index contributed by atoms with van der Waals surface area (Å²) < 4.78 is 42.2. The van der Waals surface area contributed by atoms with Crippen LogP contribution in [0.5, 0.6) is 17.2 Å². The molecule has 1 aliphatic rings. The highest BCUT2D eigenvalue weighted by molar-refractivity contribution is 6.06. The van der Waals surface area contributed by atoms with Gasteiger partial charge in [0.15, 0.2) is 11.5 Å². The maximum Gasteiger partial charge on any atom is 0.255 e. The molecule has 0 unspecified atom stereocenters. The van der Waals surface area contributed by atoms with Crippen LogP contribution in [0.2, 0.25) is 0 Å². The van der Waals surface area contributed by atoms with Crippen LogP contribution in [0.1, 0.15) is 30.1 Å². The van der Waals surface area contributed by atoms with E-state index in [1.165, 1.54) is 26.4 Å². The van der Waals surface area contributed by atoms with Crippen molar-refractivity contribution in [3.63, 3.8) is 0 Å². The molecule has 2 N–H and O–H groups in total. The molecule has 9 heteroatoms. The summed E-state index contributed by atoms with van der Waals surface area (Å²) in [6, 6.07) is 9.74. The van der Waals surface area contributed by atoms with Gasteiger partial charge in [-0.15, -0.1) is 0 Å². The van der Waals surface area contributed by atoms with Gasteiger partial charge in [0.25, 0.3) is 5.91 Å². The first kappa shape index (κ1) is 22.3. The summed E-state index contributed by atoms with van der Waals surface area (Å²) in [6.07, 6.45) is -1.01. The molecule has 2 amide bonds. The predicted octanol–water partition coefficient (Wildman–Crippen LogP) is 4.34. The van der Waals surface area contributed by atoms with E-state index >= 15 is 0 Å². The number of benzene rings is 2. The van der Waals surface area contributed by atoms with Crippen molar-refractivity contribution >= 4 is 23.2 Å². The highest BCUT2D eigenvalue weighted by Crippen LogP contribution is 2.44. The van der Waals surface area contributed by atoms with Crippen molar-refractivity contribution in [1.29, 1.82) is 0 Å². The van der Waals surface area contributed by atoms with Gasteiger partial charge in [-0.1, -0.05) is 0 Å². The summed E-state index contributed by atoms with van der Waals surface area (Å²) in [7, 11) is 2.77. The van der Waals surface area contributed by atoms with E-state index in [1.54, 1.807) is 24.3 Å². The van der Waals surface area contributed by atoms with Crippen molar-refractivity contribution in [3.05, 3.63) is 42.0 Å². The molecule has 1 saturated carbocycles. The van der Waals surface area contributed by atoms with E-state index in [-0.39, 0.29) is 22.7 Å². The molecule has 166 valence electrons. The molecule has 1 fully saturated rings. The van der Waals surface area contributed by atoms with Crippen molar-refractivity contribution in [2.24, 2.45) is 5.92 Å². The minimum atomic E-state index is -2.82. The molecule has 7 nitrogen and oxygen atoms in total. The van der Waals surface area contributed by atoms with Crippen LogP contribution in [0.3, 0.4) is 0 Å². The first-order valence-electron chi connectivity index (χ1n) is 9.75. The minimum absolute atomic E-state index is 0.166. The van der Waals surface area contributed by atoms with Gasteiger partial charge < -0.3 is 24.8 Å². The SMILES string of the molecule is CCOc1ccc(NC(=O)c2cc(NC(=O)C3CC(F)(F)C3)c(OC)c(OC)c2)cc1. The number of halogens is 2. The molecular formula is C22H24F2N2O5. The van der Waals surface area contributed by atoms with Crippen molar-refractivity contribution in [2.75, 3.05) is 31.5 Å². The third-order valence-electron chi connectivity index (χ3n) is 4.88. The number of carbonyl (C=O) groups is 2. The van der Waals surface area contributed by atoms with Gasteiger partial charge in [0.1, 0.15) is 5.75 Å². The largest absolute Gasteiger partial charge is 0.494 e. The first-order valence-corrected chi connectivity index (χ1v) is 9.75. The van der Waals surface area contributed by atoms with Crippen LogP contribution in [0.15, 0.2) is 36.4 Å². The van der Waals surface area contributed by atoms with E-state index in [2.05, 4.69) is 10.6 Å². The zero-order valence-corrected chi connectivity index (χ0v) is 17.5. The number of hydrogen-bond donors (Lipinski definition) is 2. The first-order chi connectivity index (χ1) is 14.8. The van der Waals surface area contributed by atoms with E-state index in [9.17, 15) is 18.4 Å².